The highest BCUT2D eigenvalue weighted by atomic mass is 32.2. The summed E-state index contributed by atoms with van der Waals surface area (Å²) >= 11 is 1.88. The predicted octanol–water partition coefficient (Wildman–Crippen LogP) is 0.851. The highest BCUT2D eigenvalue weighted by Gasteiger charge is 2.42. The van der Waals surface area contributed by atoms with Crippen molar-refractivity contribution in [2.75, 3.05) is 65.1 Å². The molecule has 13 heteroatoms. The molecule has 1 aromatic carbocycles. The molecule has 2 aliphatic rings. The molecule has 12 nitrogen and oxygen atoms in total. The lowest BCUT2D eigenvalue weighted by atomic mass is 10.0. The minimum Gasteiger partial charge on any atom is -0.462 e. The number of rotatable bonds is 20. The van der Waals surface area contributed by atoms with Crippen LogP contribution in [-0.2, 0) is 28.5 Å². The summed E-state index contributed by atoms with van der Waals surface area (Å²) in [6, 6.07) is 9.28. The van der Waals surface area contributed by atoms with E-state index in [1.54, 1.807) is 24.3 Å². The lowest BCUT2D eigenvalue weighted by Crippen LogP contribution is -2.36. The van der Waals surface area contributed by atoms with Crippen LogP contribution in [0.5, 0.6) is 0 Å². The number of amides is 4. The lowest BCUT2D eigenvalue weighted by Gasteiger charge is -2.16. The van der Waals surface area contributed by atoms with Crippen molar-refractivity contribution in [2.24, 2.45) is 0 Å². The Morgan fingerprint density at radius 2 is 1.60 bits per heavy atom. The van der Waals surface area contributed by atoms with Crippen molar-refractivity contribution in [1.29, 1.82) is 0 Å². The maximum absolute atomic E-state index is 12.0. The van der Waals surface area contributed by atoms with Crippen LogP contribution in [0, 0.1) is 0 Å². The zero-order chi connectivity index (χ0) is 28.4. The number of unbranched alkanes of at least 4 members (excludes halogenated alkanes) is 1. The fourth-order valence-corrected chi connectivity index (χ4v) is 5.83. The Bertz CT molecular complexity index is 938. The van der Waals surface area contributed by atoms with E-state index in [0.717, 1.165) is 25.0 Å². The van der Waals surface area contributed by atoms with Gasteiger partial charge in [0.05, 0.1) is 45.1 Å². The van der Waals surface area contributed by atoms with Crippen LogP contribution in [0.15, 0.2) is 30.3 Å². The Balaban J connectivity index is 1.03. The average molecular weight is 581 g/mol. The van der Waals surface area contributed by atoms with E-state index in [-0.39, 0.29) is 56.4 Å². The molecule has 4 N–H and O–H groups in total. The topological polar surface area (TPSA) is 153 Å². The second kappa shape index (κ2) is 18.5. The summed E-state index contributed by atoms with van der Waals surface area (Å²) in [7, 11) is 0. The van der Waals surface area contributed by atoms with Crippen molar-refractivity contribution in [3.05, 3.63) is 35.9 Å². The molecular formula is C27H40N4O8S. The van der Waals surface area contributed by atoms with Crippen LogP contribution in [0.25, 0.3) is 0 Å². The molecule has 3 atom stereocenters. The first-order valence-corrected chi connectivity index (χ1v) is 14.7. The summed E-state index contributed by atoms with van der Waals surface area (Å²) in [6.07, 6.45) is 3.19. The zero-order valence-corrected chi connectivity index (χ0v) is 23.5. The number of carbonyl (C=O) groups excluding carboxylic acids is 4. The Morgan fingerprint density at radius 1 is 0.875 bits per heavy atom. The van der Waals surface area contributed by atoms with Crippen LogP contribution in [0.3, 0.4) is 0 Å². The van der Waals surface area contributed by atoms with Crippen molar-refractivity contribution in [1.82, 2.24) is 21.3 Å². The van der Waals surface area contributed by atoms with Gasteiger partial charge in [-0.1, -0.05) is 24.6 Å². The van der Waals surface area contributed by atoms with Crippen molar-refractivity contribution >= 4 is 35.6 Å². The van der Waals surface area contributed by atoms with E-state index in [9.17, 15) is 19.2 Å². The van der Waals surface area contributed by atoms with Crippen molar-refractivity contribution in [2.45, 2.75) is 43.0 Å². The van der Waals surface area contributed by atoms with Crippen molar-refractivity contribution < 1.29 is 38.1 Å². The molecule has 3 rings (SSSR count). The van der Waals surface area contributed by atoms with Gasteiger partial charge in [0.25, 0.3) is 5.91 Å². The first-order valence-electron chi connectivity index (χ1n) is 13.7. The molecule has 2 aliphatic heterocycles. The number of benzene rings is 1. The molecule has 2 heterocycles. The summed E-state index contributed by atoms with van der Waals surface area (Å²) in [5, 5.41) is 11.9. The van der Waals surface area contributed by atoms with Gasteiger partial charge in [-0.15, -0.1) is 0 Å². The maximum atomic E-state index is 12.0. The molecule has 222 valence electrons. The van der Waals surface area contributed by atoms with Crippen molar-refractivity contribution in [3.63, 3.8) is 0 Å². The van der Waals surface area contributed by atoms with Crippen LogP contribution >= 0.6 is 11.8 Å². The molecule has 0 bridgehead atoms. The number of hydrogen-bond donors (Lipinski definition) is 4. The van der Waals surface area contributed by atoms with Crippen molar-refractivity contribution in [3.8, 4) is 0 Å². The number of carbonyl (C=O) groups is 4. The van der Waals surface area contributed by atoms with Gasteiger partial charge in [0.2, 0.25) is 5.91 Å². The smallest absolute Gasteiger partial charge is 0.332 e. The molecule has 0 spiro atoms. The predicted molar refractivity (Wildman–Crippen MR) is 149 cm³/mol. The van der Waals surface area contributed by atoms with Gasteiger partial charge in [-0.3, -0.25) is 9.59 Å². The number of hydrogen-bond acceptors (Lipinski definition) is 9. The summed E-state index contributed by atoms with van der Waals surface area (Å²) in [5.41, 5.74) is 0.594. The average Bonchev–Trinajstić information content (AvgIpc) is 3.51. The Hall–Kier alpha value is -2.87. The fourth-order valence-electron chi connectivity index (χ4n) is 4.29. The van der Waals surface area contributed by atoms with Gasteiger partial charge in [-0.25, -0.2) is 9.59 Å². The van der Waals surface area contributed by atoms with Gasteiger partial charge in [0.15, 0.2) is 0 Å². The van der Waals surface area contributed by atoms with Crippen LogP contribution < -0.4 is 21.3 Å². The molecule has 4 amide bonds. The fraction of sp³-hybridized carbons (Fsp3) is 0.630. The number of esters is 1. The zero-order valence-electron chi connectivity index (χ0n) is 22.7. The third kappa shape index (κ3) is 12.1. The second-order valence-electron chi connectivity index (χ2n) is 9.34. The number of thioether (sulfide) groups is 1. The molecule has 2 saturated heterocycles. The molecule has 0 aromatic heterocycles. The maximum Gasteiger partial charge on any atom is 0.332 e. The number of nitrogens with one attached hydrogen (secondary N) is 4. The number of urea groups is 1. The molecule has 2 fully saturated rings. The largest absolute Gasteiger partial charge is 0.462 e. The van der Waals surface area contributed by atoms with Gasteiger partial charge >= 0.3 is 12.0 Å². The second-order valence-corrected chi connectivity index (χ2v) is 10.6. The highest BCUT2D eigenvalue weighted by molar-refractivity contribution is 8.00. The van der Waals surface area contributed by atoms with E-state index in [0.29, 0.717) is 50.1 Å². The van der Waals surface area contributed by atoms with E-state index in [1.807, 2.05) is 17.8 Å². The van der Waals surface area contributed by atoms with Gasteiger partial charge in [-0.2, -0.15) is 11.8 Å². The molecule has 0 unspecified atom stereocenters. The molecular weight excluding hydrogens is 540 g/mol. The quantitative estimate of drug-likeness (QED) is 0.0999. The van der Waals surface area contributed by atoms with E-state index in [1.165, 1.54) is 0 Å². The van der Waals surface area contributed by atoms with E-state index >= 15 is 0 Å². The molecule has 0 aliphatic carbocycles. The van der Waals surface area contributed by atoms with Gasteiger partial charge in [-0.05, 0) is 25.0 Å². The van der Waals surface area contributed by atoms with Gasteiger partial charge in [0.1, 0.15) is 13.2 Å². The minimum atomic E-state index is -0.495. The van der Waals surface area contributed by atoms with Crippen LogP contribution in [0.1, 0.15) is 36.0 Å². The first kappa shape index (κ1) is 31.7. The normalized spacial score (nSPS) is 19.4. The standard InChI is InChI=1S/C27H40N4O8S/c32-23(9-5-4-8-22-25-21(19-40-22)30-27(35)31-25)28-10-12-37-16-17-39-24(33)18-38-15-14-36-13-11-29-26(34)20-6-2-1-3-7-20/h1-3,6-7,21-22,25H,4-5,8-19H2,(H,28,32)(H,29,34)(H2,30,31,35)/t21-,22-,25-/m0/s1. The molecule has 0 radical (unpaired) electrons. The van der Waals surface area contributed by atoms with E-state index in [4.69, 9.17) is 18.9 Å². The van der Waals surface area contributed by atoms with Crippen LogP contribution in [0.2, 0.25) is 0 Å². The Labute approximate surface area is 239 Å². The molecule has 0 saturated carbocycles. The molecule has 1 aromatic rings. The van der Waals surface area contributed by atoms with Crippen LogP contribution in [-0.4, -0.2) is 106 Å². The Kier molecular flexibility index (Phi) is 14.6. The number of fused-ring (bicyclic) bond motifs is 1. The summed E-state index contributed by atoms with van der Waals surface area (Å²) in [5.74, 6) is 0.277. The summed E-state index contributed by atoms with van der Waals surface area (Å²) in [6.45, 7) is 2.11. The third-order valence-electron chi connectivity index (χ3n) is 6.30. The van der Waals surface area contributed by atoms with Gasteiger partial charge < -0.3 is 40.2 Å². The summed E-state index contributed by atoms with van der Waals surface area (Å²) < 4.78 is 21.0. The van der Waals surface area contributed by atoms with Gasteiger partial charge in [0, 0.05) is 36.1 Å². The first-order chi connectivity index (χ1) is 19.5. The third-order valence-corrected chi connectivity index (χ3v) is 7.81. The molecule has 40 heavy (non-hydrogen) atoms. The lowest BCUT2D eigenvalue weighted by molar-refractivity contribution is -0.151. The van der Waals surface area contributed by atoms with Crippen LogP contribution in [0.4, 0.5) is 4.79 Å². The monoisotopic (exact) mass is 580 g/mol. The highest BCUT2D eigenvalue weighted by Crippen LogP contribution is 2.33. The SMILES string of the molecule is O=C(CCCC[C@@H]1SC[C@@H]2NC(=O)N[C@@H]21)NCCOCCOC(=O)COCCOCCNC(=O)c1ccccc1. The van der Waals surface area contributed by atoms with E-state index in [2.05, 4.69) is 21.3 Å². The summed E-state index contributed by atoms with van der Waals surface area (Å²) in [4.78, 5) is 46.9. The van der Waals surface area contributed by atoms with E-state index < -0.39 is 5.97 Å². The minimum absolute atomic E-state index is 0.0131. The number of ether oxygens (including phenoxy) is 4. The Morgan fingerprint density at radius 3 is 2.40 bits per heavy atom.